The lowest BCUT2D eigenvalue weighted by Gasteiger charge is -2.46. The molecular weight excluding hydrogens is 470 g/mol. The molecule has 2 aliphatic heterocycles. The van der Waals surface area contributed by atoms with Gasteiger partial charge in [0.1, 0.15) is 24.4 Å². The fourth-order valence-electron chi connectivity index (χ4n) is 4.84. The highest BCUT2D eigenvalue weighted by Gasteiger charge is 2.61. The van der Waals surface area contributed by atoms with E-state index in [0.717, 1.165) is 16.7 Å². The van der Waals surface area contributed by atoms with Crippen LogP contribution in [0.25, 0.3) is 0 Å². The van der Waals surface area contributed by atoms with Gasteiger partial charge in [-0.15, -0.1) is 0 Å². The Bertz CT molecular complexity index is 1140. The van der Waals surface area contributed by atoms with Crippen LogP contribution in [0.1, 0.15) is 23.6 Å². The van der Waals surface area contributed by atoms with Crippen molar-refractivity contribution >= 4 is 5.91 Å². The van der Waals surface area contributed by atoms with Crippen molar-refractivity contribution in [3.05, 3.63) is 108 Å². The van der Waals surface area contributed by atoms with Crippen molar-refractivity contribution in [1.29, 1.82) is 0 Å². The van der Waals surface area contributed by atoms with Crippen LogP contribution in [0.5, 0.6) is 0 Å². The van der Waals surface area contributed by atoms with Gasteiger partial charge in [0.15, 0.2) is 5.60 Å². The zero-order valence-electron chi connectivity index (χ0n) is 20.9. The second kappa shape index (κ2) is 11.5. The number of nitrogens with one attached hydrogen (secondary N) is 1. The van der Waals surface area contributed by atoms with Crippen LogP contribution in [-0.2, 0) is 43.6 Å². The Balaban J connectivity index is 1.35. The molecule has 2 heterocycles. The van der Waals surface area contributed by atoms with Gasteiger partial charge in [0.05, 0.1) is 32.5 Å². The zero-order valence-corrected chi connectivity index (χ0v) is 20.9. The van der Waals surface area contributed by atoms with E-state index in [4.69, 9.17) is 18.9 Å². The van der Waals surface area contributed by atoms with Crippen LogP contribution in [-0.4, -0.2) is 53.7 Å². The molecular formula is C30H33NO6. The number of rotatable bonds is 11. The van der Waals surface area contributed by atoms with E-state index in [2.05, 4.69) is 5.32 Å². The van der Waals surface area contributed by atoms with Gasteiger partial charge in [-0.05, 0) is 23.6 Å². The molecule has 194 valence electrons. The minimum absolute atomic E-state index is 0.277. The molecule has 0 unspecified atom stereocenters. The molecule has 2 saturated heterocycles. The lowest BCUT2D eigenvalue weighted by atomic mass is 9.81. The molecule has 0 radical (unpaired) electrons. The first kappa shape index (κ1) is 25.6. The van der Waals surface area contributed by atoms with Crippen molar-refractivity contribution in [3.8, 4) is 0 Å². The number of carbonyl (C=O) groups is 1. The Morgan fingerprint density at radius 3 is 1.76 bits per heavy atom. The standard InChI is InChI=1S/C30H33NO6/c1-30(33)28(31-29(30)32)27-26(36-19-23-15-9-4-10-16-23)25(35-18-22-13-7-3-8-14-22)24(37-27)20-34-17-21-11-5-2-6-12-21/h2-16,24-28,33H,17-20H2,1H3,(H,31,32)/t24-,25-,26+,27+,28-,30-/m1/s1. The summed E-state index contributed by atoms with van der Waals surface area (Å²) in [5.74, 6) is -0.423. The summed E-state index contributed by atoms with van der Waals surface area (Å²) >= 11 is 0. The monoisotopic (exact) mass is 503 g/mol. The van der Waals surface area contributed by atoms with Gasteiger partial charge in [-0.3, -0.25) is 4.79 Å². The molecule has 37 heavy (non-hydrogen) atoms. The molecule has 6 atom stereocenters. The fourth-order valence-corrected chi connectivity index (χ4v) is 4.84. The quantitative estimate of drug-likeness (QED) is 0.390. The van der Waals surface area contributed by atoms with Gasteiger partial charge in [0.25, 0.3) is 5.91 Å². The molecule has 3 aromatic rings. The SMILES string of the molecule is C[C@]1(O)C(=O)N[C@@H]1[C@H]1O[C@H](COCc2ccccc2)[C@@H](OCc2ccccc2)[C@@H]1OCc1ccccc1. The van der Waals surface area contributed by atoms with Gasteiger partial charge >= 0.3 is 0 Å². The van der Waals surface area contributed by atoms with E-state index >= 15 is 0 Å². The van der Waals surface area contributed by atoms with Crippen molar-refractivity contribution < 1.29 is 28.8 Å². The van der Waals surface area contributed by atoms with Gasteiger partial charge in [-0.25, -0.2) is 0 Å². The lowest BCUT2D eigenvalue weighted by Crippen LogP contribution is -2.76. The predicted molar refractivity (Wildman–Crippen MR) is 137 cm³/mol. The van der Waals surface area contributed by atoms with Crippen LogP contribution in [0.15, 0.2) is 91.0 Å². The predicted octanol–water partition coefficient (Wildman–Crippen LogP) is 3.39. The van der Waals surface area contributed by atoms with Crippen LogP contribution in [0.4, 0.5) is 0 Å². The molecule has 0 spiro atoms. The highest BCUT2D eigenvalue weighted by molar-refractivity contribution is 5.92. The molecule has 0 aliphatic carbocycles. The molecule has 7 nitrogen and oxygen atoms in total. The molecule has 0 aromatic heterocycles. The second-order valence-corrected chi connectivity index (χ2v) is 9.76. The van der Waals surface area contributed by atoms with E-state index in [0.29, 0.717) is 19.8 Å². The van der Waals surface area contributed by atoms with E-state index in [-0.39, 0.29) is 6.61 Å². The van der Waals surface area contributed by atoms with Gasteiger partial charge in [0.2, 0.25) is 0 Å². The summed E-state index contributed by atoms with van der Waals surface area (Å²) in [6, 6.07) is 29.1. The van der Waals surface area contributed by atoms with Gasteiger partial charge in [-0.2, -0.15) is 0 Å². The van der Waals surface area contributed by atoms with E-state index in [9.17, 15) is 9.90 Å². The highest BCUT2D eigenvalue weighted by Crippen LogP contribution is 2.36. The summed E-state index contributed by atoms with van der Waals surface area (Å²) in [6.07, 6.45) is -2.07. The van der Waals surface area contributed by atoms with Gasteiger partial charge in [-0.1, -0.05) is 91.0 Å². The van der Waals surface area contributed by atoms with E-state index in [1.54, 1.807) is 0 Å². The maximum absolute atomic E-state index is 12.1. The molecule has 0 bridgehead atoms. The largest absolute Gasteiger partial charge is 0.378 e. The first-order valence-electron chi connectivity index (χ1n) is 12.6. The van der Waals surface area contributed by atoms with E-state index < -0.39 is 42.0 Å². The van der Waals surface area contributed by atoms with Gasteiger partial charge < -0.3 is 29.4 Å². The van der Waals surface area contributed by atoms with Crippen molar-refractivity contribution in [3.63, 3.8) is 0 Å². The zero-order chi connectivity index (χ0) is 25.7. The Hall–Kier alpha value is -3.07. The summed E-state index contributed by atoms with van der Waals surface area (Å²) in [7, 11) is 0. The topological polar surface area (TPSA) is 86.3 Å². The Morgan fingerprint density at radius 2 is 1.27 bits per heavy atom. The molecule has 0 saturated carbocycles. The Morgan fingerprint density at radius 1 is 0.784 bits per heavy atom. The number of hydrogen-bond donors (Lipinski definition) is 2. The van der Waals surface area contributed by atoms with Gasteiger partial charge in [0, 0.05) is 0 Å². The summed E-state index contributed by atoms with van der Waals surface area (Å²) in [5, 5.41) is 13.6. The highest BCUT2D eigenvalue weighted by atomic mass is 16.6. The number of ether oxygens (including phenoxy) is 4. The Kier molecular flexibility index (Phi) is 7.98. The number of carbonyl (C=O) groups excluding carboxylic acids is 1. The second-order valence-electron chi connectivity index (χ2n) is 9.76. The lowest BCUT2D eigenvalue weighted by molar-refractivity contribution is -0.175. The summed E-state index contributed by atoms with van der Waals surface area (Å²) in [5.41, 5.74) is 1.55. The third-order valence-electron chi connectivity index (χ3n) is 6.99. The molecule has 2 aliphatic rings. The molecule has 3 aromatic carbocycles. The minimum Gasteiger partial charge on any atom is -0.378 e. The summed E-state index contributed by atoms with van der Waals surface area (Å²) < 4.78 is 25.3. The number of amides is 1. The number of benzene rings is 3. The smallest absolute Gasteiger partial charge is 0.254 e. The maximum atomic E-state index is 12.1. The molecule has 2 N–H and O–H groups in total. The average Bonchev–Trinajstić information content (AvgIpc) is 3.27. The third kappa shape index (κ3) is 5.92. The summed E-state index contributed by atoms with van der Waals surface area (Å²) in [4.78, 5) is 12.1. The van der Waals surface area contributed by atoms with Crippen LogP contribution in [0.2, 0.25) is 0 Å². The van der Waals surface area contributed by atoms with Crippen molar-refractivity contribution in [2.75, 3.05) is 6.61 Å². The normalized spacial score (nSPS) is 29.0. The van der Waals surface area contributed by atoms with Crippen LogP contribution < -0.4 is 5.32 Å². The third-order valence-corrected chi connectivity index (χ3v) is 6.99. The maximum Gasteiger partial charge on any atom is 0.254 e. The van der Waals surface area contributed by atoms with Crippen LogP contribution in [0, 0.1) is 0 Å². The number of β-lactam (4-membered cyclic amide) rings is 1. The van der Waals surface area contributed by atoms with Crippen molar-refractivity contribution in [1.82, 2.24) is 5.32 Å². The average molecular weight is 504 g/mol. The molecule has 1 amide bonds. The first-order chi connectivity index (χ1) is 18.0. The fraction of sp³-hybridized carbons (Fsp3) is 0.367. The Labute approximate surface area is 217 Å². The van der Waals surface area contributed by atoms with E-state index in [1.165, 1.54) is 6.92 Å². The molecule has 2 fully saturated rings. The van der Waals surface area contributed by atoms with Crippen LogP contribution >= 0.6 is 0 Å². The minimum atomic E-state index is -1.55. The van der Waals surface area contributed by atoms with E-state index in [1.807, 2.05) is 91.0 Å². The first-order valence-corrected chi connectivity index (χ1v) is 12.6. The summed E-state index contributed by atoms with van der Waals surface area (Å²) in [6.45, 7) is 2.93. The van der Waals surface area contributed by atoms with Crippen molar-refractivity contribution in [2.24, 2.45) is 0 Å². The molecule has 5 rings (SSSR count). The molecule has 7 heteroatoms. The number of aliphatic hydroxyl groups is 1. The van der Waals surface area contributed by atoms with Crippen LogP contribution in [0.3, 0.4) is 0 Å². The van der Waals surface area contributed by atoms with Crippen molar-refractivity contribution in [2.45, 2.75) is 62.8 Å². The number of hydrogen-bond acceptors (Lipinski definition) is 6.